The molecule has 0 saturated carbocycles. The number of amides is 1. The highest BCUT2D eigenvalue weighted by Gasteiger charge is 2.51. The van der Waals surface area contributed by atoms with Crippen LogP contribution in [0.2, 0.25) is 0 Å². The summed E-state index contributed by atoms with van der Waals surface area (Å²) in [7, 11) is 0. The highest BCUT2D eigenvalue weighted by atomic mass is 16.7. The second-order valence-corrected chi connectivity index (χ2v) is 19.0. The van der Waals surface area contributed by atoms with Crippen LogP contribution in [-0.2, 0) is 23.7 Å². The molecule has 1 amide bonds. The van der Waals surface area contributed by atoms with E-state index in [-0.39, 0.29) is 18.9 Å². The quantitative estimate of drug-likeness (QED) is 0.0208. The molecule has 0 aromatic rings. The summed E-state index contributed by atoms with van der Waals surface area (Å²) >= 11 is 0. The minimum absolute atomic E-state index is 0.256. The van der Waals surface area contributed by atoms with Gasteiger partial charge in [0.15, 0.2) is 12.6 Å². The first-order chi connectivity index (χ1) is 34.6. The van der Waals surface area contributed by atoms with Gasteiger partial charge in [0, 0.05) is 6.42 Å². The van der Waals surface area contributed by atoms with Crippen LogP contribution in [0.5, 0.6) is 0 Å². The number of allylic oxidation sites excluding steroid dienone is 13. The standard InChI is InChI=1S/C57H97NO13/c1-3-5-7-9-11-13-15-17-19-21-22-23-24-25-27-29-31-33-35-37-39-41-49(62)58-45(46(61)40-38-36-34-32-30-28-26-20-18-16-14-12-10-8-6-4-2)44-68-56-54(67)52(65)55(48(43-60)70-56)71-57-53(66)51(64)50(63)47(42-59)69-57/h5,7,11,13,17-20,22-23,30,32,38,40,45-48,50-57,59-61,63-67H,3-4,6,8-10,12,14-16,21,24-29,31,33-37,39,41-44H2,1-2H3,(H,58,62)/b7-5-,13-11-,19-17-,20-18+,23-22-,32-30+,40-38+. The van der Waals surface area contributed by atoms with Crippen molar-refractivity contribution < 1.29 is 64.6 Å². The number of aliphatic hydroxyl groups excluding tert-OH is 8. The van der Waals surface area contributed by atoms with E-state index in [2.05, 4.69) is 92.1 Å². The third-order valence-electron chi connectivity index (χ3n) is 12.8. The van der Waals surface area contributed by atoms with E-state index in [1.165, 1.54) is 57.8 Å². The highest BCUT2D eigenvalue weighted by molar-refractivity contribution is 5.76. The monoisotopic (exact) mass is 1000 g/mol. The van der Waals surface area contributed by atoms with Crippen LogP contribution in [0.25, 0.3) is 0 Å². The first-order valence-electron chi connectivity index (χ1n) is 27.3. The average Bonchev–Trinajstić information content (AvgIpc) is 3.37. The van der Waals surface area contributed by atoms with Crippen molar-refractivity contribution in [2.45, 2.75) is 248 Å². The summed E-state index contributed by atoms with van der Waals surface area (Å²) in [6, 6.07) is -0.947. The second kappa shape index (κ2) is 42.5. The van der Waals surface area contributed by atoms with Gasteiger partial charge in [-0.2, -0.15) is 0 Å². The molecule has 14 nitrogen and oxygen atoms in total. The molecule has 0 aliphatic carbocycles. The fourth-order valence-electron chi connectivity index (χ4n) is 8.37. The summed E-state index contributed by atoms with van der Waals surface area (Å²) in [4.78, 5) is 13.2. The van der Waals surface area contributed by atoms with E-state index >= 15 is 0 Å². The summed E-state index contributed by atoms with van der Waals surface area (Å²) in [6.07, 6.45) is 39.0. The lowest BCUT2D eigenvalue weighted by Gasteiger charge is -2.46. The maximum Gasteiger partial charge on any atom is 0.220 e. The van der Waals surface area contributed by atoms with Gasteiger partial charge in [0.05, 0.1) is 32.0 Å². The van der Waals surface area contributed by atoms with Crippen LogP contribution >= 0.6 is 0 Å². The molecule has 2 rings (SSSR count). The van der Waals surface area contributed by atoms with Crippen molar-refractivity contribution in [3.05, 3.63) is 85.1 Å². The van der Waals surface area contributed by atoms with Gasteiger partial charge >= 0.3 is 0 Å². The Morgan fingerprint density at radius 3 is 1.55 bits per heavy atom. The van der Waals surface area contributed by atoms with Crippen LogP contribution in [0.3, 0.4) is 0 Å². The Balaban J connectivity index is 1.83. The van der Waals surface area contributed by atoms with Crippen molar-refractivity contribution in [2.24, 2.45) is 0 Å². The summed E-state index contributed by atoms with van der Waals surface area (Å²) in [6.45, 7) is 2.62. The molecule has 2 heterocycles. The third-order valence-corrected chi connectivity index (χ3v) is 12.8. The van der Waals surface area contributed by atoms with Crippen LogP contribution in [0, 0.1) is 0 Å². The number of carbonyl (C=O) groups excluding carboxylic acids is 1. The topological polar surface area (TPSA) is 228 Å². The van der Waals surface area contributed by atoms with E-state index in [9.17, 15) is 45.6 Å². The van der Waals surface area contributed by atoms with Crippen molar-refractivity contribution in [2.75, 3.05) is 19.8 Å². The largest absolute Gasteiger partial charge is 0.394 e. The van der Waals surface area contributed by atoms with Gasteiger partial charge in [-0.25, -0.2) is 0 Å². The fraction of sp³-hybridized carbons (Fsp3) is 0.737. The van der Waals surface area contributed by atoms with Crippen LogP contribution in [0.1, 0.15) is 174 Å². The molecule has 0 aromatic heterocycles. The lowest BCUT2D eigenvalue weighted by atomic mass is 9.97. The summed E-state index contributed by atoms with van der Waals surface area (Å²) in [5.74, 6) is -0.266. The smallest absolute Gasteiger partial charge is 0.220 e. The van der Waals surface area contributed by atoms with Crippen molar-refractivity contribution in [3.63, 3.8) is 0 Å². The zero-order chi connectivity index (χ0) is 51.7. The number of aliphatic hydroxyl groups is 8. The molecule has 9 N–H and O–H groups in total. The average molecular weight is 1000 g/mol. The van der Waals surface area contributed by atoms with Crippen LogP contribution < -0.4 is 5.32 Å². The maximum absolute atomic E-state index is 13.2. The van der Waals surface area contributed by atoms with Gasteiger partial charge in [0.25, 0.3) is 0 Å². The lowest BCUT2D eigenvalue weighted by molar-refractivity contribution is -0.359. The molecule has 0 radical (unpaired) electrons. The first kappa shape index (κ1) is 64.3. The minimum Gasteiger partial charge on any atom is -0.394 e. The fourth-order valence-corrected chi connectivity index (χ4v) is 8.37. The number of unbranched alkanes of at least 4 members (excludes halogenated alkanes) is 16. The summed E-state index contributed by atoms with van der Waals surface area (Å²) in [5, 5.41) is 86.9. The SMILES string of the molecule is CC/C=C\C/C=C\C/C=C\C/C=C\CCCCCCCCCCC(=O)NC(COC1OC(CO)C(OC2OC(CO)C(O)C(O)C2O)C(O)C1O)C(O)/C=C/CC/C=C/CC/C=C/CCCCCCCC. The third kappa shape index (κ3) is 29.0. The van der Waals surface area contributed by atoms with Crippen molar-refractivity contribution in [1.29, 1.82) is 0 Å². The minimum atomic E-state index is -1.80. The Bertz CT molecular complexity index is 1510. The van der Waals surface area contributed by atoms with Gasteiger partial charge < -0.3 is 65.1 Å². The van der Waals surface area contributed by atoms with E-state index < -0.39 is 86.8 Å². The zero-order valence-electron chi connectivity index (χ0n) is 43.4. The van der Waals surface area contributed by atoms with Gasteiger partial charge in [-0.15, -0.1) is 0 Å². The van der Waals surface area contributed by atoms with Gasteiger partial charge in [-0.1, -0.05) is 170 Å². The Kier molecular flexibility index (Phi) is 38.5. The Morgan fingerprint density at radius 1 is 0.521 bits per heavy atom. The van der Waals surface area contributed by atoms with E-state index in [1.54, 1.807) is 6.08 Å². The second-order valence-electron chi connectivity index (χ2n) is 19.0. The van der Waals surface area contributed by atoms with E-state index in [0.717, 1.165) is 83.5 Å². The maximum atomic E-state index is 13.2. The molecule has 2 aliphatic rings. The molecular weight excluding hydrogens is 907 g/mol. The molecule has 2 fully saturated rings. The van der Waals surface area contributed by atoms with Gasteiger partial charge in [-0.3, -0.25) is 4.79 Å². The number of carbonyl (C=O) groups is 1. The Hall–Kier alpha value is -2.83. The van der Waals surface area contributed by atoms with Crippen LogP contribution in [-0.4, -0.2) is 140 Å². The zero-order valence-corrected chi connectivity index (χ0v) is 43.4. The van der Waals surface area contributed by atoms with Gasteiger partial charge in [-0.05, 0) is 83.5 Å². The van der Waals surface area contributed by atoms with Gasteiger partial charge in [0.1, 0.15) is 48.8 Å². The van der Waals surface area contributed by atoms with E-state index in [1.807, 2.05) is 6.08 Å². The van der Waals surface area contributed by atoms with Crippen molar-refractivity contribution in [1.82, 2.24) is 5.32 Å². The van der Waals surface area contributed by atoms with E-state index in [4.69, 9.17) is 18.9 Å². The number of rotatable bonds is 41. The van der Waals surface area contributed by atoms with E-state index in [0.29, 0.717) is 12.8 Å². The van der Waals surface area contributed by atoms with Crippen molar-refractivity contribution >= 4 is 5.91 Å². The molecule has 0 aromatic carbocycles. The van der Waals surface area contributed by atoms with Crippen LogP contribution in [0.4, 0.5) is 0 Å². The number of ether oxygens (including phenoxy) is 4. The molecule has 2 saturated heterocycles. The number of hydrogen-bond donors (Lipinski definition) is 9. The molecule has 12 unspecified atom stereocenters. The molecule has 408 valence electrons. The molecule has 12 atom stereocenters. The number of nitrogens with one attached hydrogen (secondary N) is 1. The number of hydrogen-bond acceptors (Lipinski definition) is 13. The van der Waals surface area contributed by atoms with Crippen molar-refractivity contribution in [3.8, 4) is 0 Å². The Labute approximate surface area is 427 Å². The predicted octanol–water partition coefficient (Wildman–Crippen LogP) is 8.16. The van der Waals surface area contributed by atoms with Gasteiger partial charge in [0.2, 0.25) is 5.91 Å². The summed E-state index contributed by atoms with van der Waals surface area (Å²) in [5.41, 5.74) is 0. The molecule has 2 aliphatic heterocycles. The molecule has 14 heteroatoms. The molecule has 0 bridgehead atoms. The first-order valence-corrected chi connectivity index (χ1v) is 27.3. The lowest BCUT2D eigenvalue weighted by Crippen LogP contribution is -2.65. The predicted molar refractivity (Wildman–Crippen MR) is 281 cm³/mol. The molecule has 0 spiro atoms. The molecule has 71 heavy (non-hydrogen) atoms. The highest BCUT2D eigenvalue weighted by Crippen LogP contribution is 2.30. The Morgan fingerprint density at radius 2 is 0.986 bits per heavy atom. The normalized spacial score (nSPS) is 26.5. The van der Waals surface area contributed by atoms with Crippen LogP contribution in [0.15, 0.2) is 85.1 Å². The summed E-state index contributed by atoms with van der Waals surface area (Å²) < 4.78 is 22.7. The molecular formula is C57H97NO13.